The van der Waals surface area contributed by atoms with Crippen molar-refractivity contribution in [3.05, 3.63) is 80.5 Å². The summed E-state index contributed by atoms with van der Waals surface area (Å²) in [5.41, 5.74) is -0.766. The van der Waals surface area contributed by atoms with Crippen LogP contribution in [0.1, 0.15) is 23.2 Å². The molecule has 4 aromatic rings. The van der Waals surface area contributed by atoms with Gasteiger partial charge in [-0.05, 0) is 24.3 Å². The molecule has 11 nitrogen and oxygen atoms in total. The van der Waals surface area contributed by atoms with E-state index in [0.717, 1.165) is 12.1 Å². The van der Waals surface area contributed by atoms with Crippen LogP contribution in [-0.2, 0) is 4.79 Å². The van der Waals surface area contributed by atoms with Crippen LogP contribution in [0.15, 0.2) is 67.0 Å². The first-order chi connectivity index (χ1) is 15.4. The fraction of sp³-hybridized carbons (Fsp3) is 0.130. The van der Waals surface area contributed by atoms with Crippen molar-refractivity contribution in [3.8, 4) is 11.5 Å². The Morgan fingerprint density at radius 2 is 1.57 bits per heavy atom. The minimum absolute atomic E-state index is 0. The van der Waals surface area contributed by atoms with Gasteiger partial charge in [-0.1, -0.05) is 12.1 Å². The molecule has 35 heavy (non-hydrogen) atoms. The molecule has 2 heterocycles. The molecule has 1 unspecified atom stereocenters. The molecule has 0 amide bonds. The molecular weight excluding hydrogens is 475 g/mol. The predicted molar refractivity (Wildman–Crippen MR) is 117 cm³/mol. The molecule has 0 aliphatic heterocycles. The Hall–Kier alpha value is -3.32. The second-order valence-corrected chi connectivity index (χ2v) is 6.75. The van der Waals surface area contributed by atoms with Crippen molar-refractivity contribution in [1.82, 2.24) is 0 Å². The molecule has 4 rings (SSSR count). The van der Waals surface area contributed by atoms with Crippen LogP contribution in [0.5, 0.6) is 11.5 Å². The van der Waals surface area contributed by atoms with Crippen LogP contribution >= 0.6 is 0 Å². The Kier molecular flexibility index (Phi) is 10.5. The van der Waals surface area contributed by atoms with E-state index in [1.807, 2.05) is 0 Å². The maximum atomic E-state index is 12.4. The SMILES string of the molecule is CC(=O)c1cc(=O)c2c(OC(O)COc3cccc4oc([C-]=O)cc(=O)c34)cccc2o1.O.[Na+].[OH-]. The molecule has 12 heteroatoms. The van der Waals surface area contributed by atoms with Crippen molar-refractivity contribution in [1.29, 1.82) is 0 Å². The predicted octanol–water partition coefficient (Wildman–Crippen LogP) is -1.66. The number of carbonyl (C=O) groups excluding carboxylic acids is 2. The van der Waals surface area contributed by atoms with Gasteiger partial charge in [0.2, 0.25) is 6.29 Å². The van der Waals surface area contributed by atoms with Gasteiger partial charge in [0.15, 0.2) is 23.6 Å². The maximum absolute atomic E-state index is 12.4. The molecule has 0 saturated heterocycles. The largest absolute Gasteiger partial charge is 1.00 e. The van der Waals surface area contributed by atoms with E-state index in [0.29, 0.717) is 0 Å². The van der Waals surface area contributed by atoms with E-state index in [4.69, 9.17) is 18.3 Å². The topological polar surface area (TPSA) is 195 Å². The number of fused-ring (bicyclic) bond motifs is 2. The van der Waals surface area contributed by atoms with Gasteiger partial charge in [-0.2, -0.15) is 0 Å². The quantitative estimate of drug-likeness (QED) is 0.135. The van der Waals surface area contributed by atoms with Crippen molar-refractivity contribution >= 4 is 34.0 Å². The molecule has 4 N–H and O–H groups in total. The molecule has 0 radical (unpaired) electrons. The van der Waals surface area contributed by atoms with Crippen molar-refractivity contribution in [2.75, 3.05) is 6.61 Å². The summed E-state index contributed by atoms with van der Waals surface area (Å²) >= 11 is 0. The smallest absolute Gasteiger partial charge is 0.870 e. The van der Waals surface area contributed by atoms with Crippen LogP contribution in [-0.4, -0.2) is 41.0 Å². The molecule has 178 valence electrons. The fourth-order valence-corrected chi connectivity index (χ4v) is 3.14. The summed E-state index contributed by atoms with van der Waals surface area (Å²) in [4.78, 5) is 47.0. The Balaban J connectivity index is 0.00000204. The average Bonchev–Trinajstić information content (AvgIpc) is 2.77. The van der Waals surface area contributed by atoms with Crippen LogP contribution in [0.25, 0.3) is 21.9 Å². The summed E-state index contributed by atoms with van der Waals surface area (Å²) in [7, 11) is 0. The monoisotopic (exact) mass is 493 g/mol. The van der Waals surface area contributed by atoms with Crippen LogP contribution in [0.2, 0.25) is 0 Å². The standard InChI is InChI=1S/C23H15O9.Na.2H2O/c1-12(25)20-9-15(27)23-18(31-20)6-3-7-19(23)32-21(28)11-29-16-4-2-5-17-22(16)14(26)8-13(10-24)30-17;;;/h2-9,21,28H,11H2,1H3;;2*1H2/q-1;+1;;/p-1. The number of rotatable bonds is 7. The number of hydrogen-bond acceptors (Lipinski definition) is 10. The van der Waals surface area contributed by atoms with Gasteiger partial charge < -0.3 is 44.0 Å². The number of aliphatic hydroxyl groups is 1. The van der Waals surface area contributed by atoms with E-state index in [-0.39, 0.29) is 85.5 Å². The summed E-state index contributed by atoms with van der Waals surface area (Å²) in [6, 6.07) is 11.1. The maximum Gasteiger partial charge on any atom is 1.00 e. The van der Waals surface area contributed by atoms with E-state index in [9.17, 15) is 24.3 Å². The van der Waals surface area contributed by atoms with Gasteiger partial charge in [-0.3, -0.25) is 9.59 Å². The van der Waals surface area contributed by atoms with Crippen molar-refractivity contribution in [2.24, 2.45) is 0 Å². The summed E-state index contributed by atoms with van der Waals surface area (Å²) in [6.07, 6.45) is -0.0000665. The van der Waals surface area contributed by atoms with E-state index in [1.54, 1.807) is 6.07 Å². The van der Waals surface area contributed by atoms with Gasteiger partial charge in [0.1, 0.15) is 33.5 Å². The van der Waals surface area contributed by atoms with Crippen molar-refractivity contribution < 1.29 is 73.5 Å². The molecule has 1 atom stereocenters. The Labute approximate surface area is 218 Å². The third kappa shape index (κ3) is 6.22. The minimum Gasteiger partial charge on any atom is -0.870 e. The normalized spacial score (nSPS) is 10.9. The van der Waals surface area contributed by atoms with Crippen molar-refractivity contribution in [2.45, 2.75) is 13.2 Å². The Morgan fingerprint density at radius 3 is 2.20 bits per heavy atom. The van der Waals surface area contributed by atoms with Gasteiger partial charge >= 0.3 is 29.6 Å². The molecule has 2 aromatic heterocycles. The molecule has 0 bridgehead atoms. The zero-order valence-corrected chi connectivity index (χ0v) is 20.6. The molecular formula is C23H18NaO11-. The Morgan fingerprint density at radius 1 is 1.00 bits per heavy atom. The second kappa shape index (κ2) is 12.4. The molecule has 0 aliphatic rings. The van der Waals surface area contributed by atoms with Crippen LogP contribution in [0, 0.1) is 0 Å². The molecule has 0 spiro atoms. The van der Waals surface area contributed by atoms with Crippen LogP contribution in [0.3, 0.4) is 0 Å². The number of hydrogen-bond donors (Lipinski definition) is 1. The average molecular weight is 493 g/mol. The molecule has 0 aliphatic carbocycles. The van der Waals surface area contributed by atoms with Gasteiger partial charge in [0.05, 0.1) is 5.39 Å². The van der Waals surface area contributed by atoms with Crippen LogP contribution in [0.4, 0.5) is 0 Å². The van der Waals surface area contributed by atoms with Crippen molar-refractivity contribution in [3.63, 3.8) is 0 Å². The van der Waals surface area contributed by atoms with Gasteiger partial charge in [-0.25, -0.2) is 0 Å². The number of carbonyl (C=O) groups is 1. The number of aliphatic hydroxyl groups excluding tert-OH is 1. The van der Waals surface area contributed by atoms with E-state index in [1.165, 1.54) is 43.5 Å². The number of benzene rings is 2. The fourth-order valence-electron chi connectivity index (χ4n) is 3.14. The number of ketones is 1. The van der Waals surface area contributed by atoms with Crippen LogP contribution < -0.4 is 49.9 Å². The van der Waals surface area contributed by atoms with E-state index < -0.39 is 29.5 Å². The molecule has 0 saturated carbocycles. The number of Topliss-reactive ketones (excluding diaryl/α,β-unsaturated/α-hetero) is 1. The first kappa shape index (κ1) is 29.7. The third-order valence-electron chi connectivity index (χ3n) is 4.53. The van der Waals surface area contributed by atoms with Gasteiger partial charge in [-0.15, -0.1) is 6.07 Å². The van der Waals surface area contributed by atoms with Gasteiger partial charge in [0.25, 0.3) is 0 Å². The summed E-state index contributed by atoms with van der Waals surface area (Å²) < 4.78 is 21.6. The first-order valence-electron chi connectivity index (χ1n) is 9.37. The zero-order valence-electron chi connectivity index (χ0n) is 18.6. The second-order valence-electron chi connectivity index (χ2n) is 6.75. The minimum atomic E-state index is -1.52. The summed E-state index contributed by atoms with van der Waals surface area (Å²) in [6.45, 7) is 0.880. The zero-order chi connectivity index (χ0) is 22.8. The first-order valence-corrected chi connectivity index (χ1v) is 9.37. The molecule has 0 fully saturated rings. The van der Waals surface area contributed by atoms with E-state index >= 15 is 0 Å². The Bertz CT molecular complexity index is 1470. The molecule has 2 aromatic carbocycles. The third-order valence-corrected chi connectivity index (χ3v) is 4.53. The summed E-state index contributed by atoms with van der Waals surface area (Å²) in [5.74, 6) is -0.591. The summed E-state index contributed by atoms with van der Waals surface area (Å²) in [5, 5.41) is 10.4. The number of ether oxygens (including phenoxy) is 2. The van der Waals surface area contributed by atoms with E-state index in [2.05, 4.69) is 0 Å². The van der Waals surface area contributed by atoms with Gasteiger partial charge in [0, 0.05) is 25.0 Å².